The Bertz CT molecular complexity index is 1240. The van der Waals surface area contributed by atoms with Gasteiger partial charge in [-0.2, -0.15) is 0 Å². The average molecular weight is 488 g/mol. The lowest BCUT2D eigenvalue weighted by Gasteiger charge is -2.10. The number of carbonyl (C=O) groups is 1. The smallest absolute Gasteiger partial charge is 0.230 e. The van der Waals surface area contributed by atoms with Crippen LogP contribution in [0.25, 0.3) is 23.4 Å². The van der Waals surface area contributed by atoms with Crippen molar-refractivity contribution in [1.29, 1.82) is 0 Å². The van der Waals surface area contributed by atoms with E-state index in [0.717, 1.165) is 21.2 Å². The standard InChI is InChI=1S/C26H19BrFN3O/c27-21-11-6-19(7-12-21)16-25(32)31-26-23(15-8-18-4-2-1-3-5-18)30-24(17-29-26)20-9-13-22(28)14-10-20/h1-15,17H,16H2,(H,29,31,32)/b15-8+. The minimum absolute atomic E-state index is 0.189. The van der Waals surface area contributed by atoms with Crippen LogP contribution in [0.1, 0.15) is 16.8 Å². The Labute approximate surface area is 194 Å². The number of nitrogens with zero attached hydrogens (tertiary/aromatic N) is 2. The highest BCUT2D eigenvalue weighted by molar-refractivity contribution is 9.10. The minimum Gasteiger partial charge on any atom is -0.309 e. The highest BCUT2D eigenvalue weighted by Crippen LogP contribution is 2.22. The first-order chi connectivity index (χ1) is 15.6. The number of carbonyl (C=O) groups excluding carboxylic acids is 1. The van der Waals surface area contributed by atoms with Gasteiger partial charge in [0.05, 0.1) is 18.3 Å². The quantitative estimate of drug-likeness (QED) is 0.342. The zero-order valence-electron chi connectivity index (χ0n) is 17.0. The summed E-state index contributed by atoms with van der Waals surface area (Å²) in [4.78, 5) is 21.7. The molecule has 4 aromatic rings. The first-order valence-electron chi connectivity index (χ1n) is 9.97. The third-order valence-corrected chi connectivity index (χ3v) is 5.24. The summed E-state index contributed by atoms with van der Waals surface area (Å²) in [6.45, 7) is 0. The molecule has 0 radical (unpaired) electrons. The molecule has 0 spiro atoms. The number of hydrogen-bond acceptors (Lipinski definition) is 3. The second kappa shape index (κ2) is 10.1. The Kier molecular flexibility index (Phi) is 6.82. The van der Waals surface area contributed by atoms with Crippen LogP contribution in [0.3, 0.4) is 0 Å². The van der Waals surface area contributed by atoms with Gasteiger partial charge in [-0.3, -0.25) is 4.79 Å². The number of aromatic nitrogens is 2. The SMILES string of the molecule is O=C(Cc1ccc(Br)cc1)Nc1ncc(-c2ccc(F)cc2)nc1/C=C/c1ccccc1. The van der Waals surface area contributed by atoms with Gasteiger partial charge in [0.25, 0.3) is 0 Å². The van der Waals surface area contributed by atoms with Crippen LogP contribution >= 0.6 is 15.9 Å². The highest BCUT2D eigenvalue weighted by Gasteiger charge is 2.11. The summed E-state index contributed by atoms with van der Waals surface area (Å²) in [5.41, 5.74) is 3.72. The fourth-order valence-corrected chi connectivity index (χ4v) is 3.34. The maximum Gasteiger partial charge on any atom is 0.230 e. The molecule has 158 valence electrons. The molecule has 0 aliphatic carbocycles. The summed E-state index contributed by atoms with van der Waals surface area (Å²) in [7, 11) is 0. The van der Waals surface area contributed by atoms with Gasteiger partial charge in [-0.15, -0.1) is 0 Å². The molecule has 0 aliphatic rings. The molecular weight excluding hydrogens is 469 g/mol. The monoisotopic (exact) mass is 487 g/mol. The van der Waals surface area contributed by atoms with Crippen molar-refractivity contribution >= 4 is 39.8 Å². The number of amides is 1. The molecule has 0 unspecified atom stereocenters. The zero-order valence-corrected chi connectivity index (χ0v) is 18.6. The van der Waals surface area contributed by atoms with E-state index in [1.807, 2.05) is 66.7 Å². The highest BCUT2D eigenvalue weighted by atomic mass is 79.9. The summed E-state index contributed by atoms with van der Waals surface area (Å²) in [6.07, 6.45) is 5.51. The van der Waals surface area contributed by atoms with Crippen molar-refractivity contribution in [2.75, 3.05) is 5.32 Å². The minimum atomic E-state index is -0.317. The molecule has 32 heavy (non-hydrogen) atoms. The van der Waals surface area contributed by atoms with E-state index in [1.54, 1.807) is 18.3 Å². The molecule has 3 aromatic carbocycles. The molecule has 0 atom stereocenters. The zero-order chi connectivity index (χ0) is 22.3. The number of rotatable bonds is 6. The van der Waals surface area contributed by atoms with Crippen LogP contribution in [-0.2, 0) is 11.2 Å². The molecule has 1 amide bonds. The summed E-state index contributed by atoms with van der Waals surface area (Å²) in [5.74, 6) is -0.140. The summed E-state index contributed by atoms with van der Waals surface area (Å²) >= 11 is 3.39. The number of halogens is 2. The molecule has 6 heteroatoms. The van der Waals surface area contributed by atoms with Gasteiger partial charge < -0.3 is 5.32 Å². The molecule has 0 aliphatic heterocycles. The Hall–Kier alpha value is -3.64. The molecule has 0 bridgehead atoms. The second-order valence-electron chi connectivity index (χ2n) is 7.09. The predicted molar refractivity (Wildman–Crippen MR) is 129 cm³/mol. The van der Waals surface area contributed by atoms with Gasteiger partial charge in [-0.05, 0) is 53.6 Å². The van der Waals surface area contributed by atoms with E-state index in [9.17, 15) is 9.18 Å². The summed E-state index contributed by atoms with van der Waals surface area (Å²) in [6, 6.07) is 23.4. The Balaban J connectivity index is 1.62. The van der Waals surface area contributed by atoms with Crippen LogP contribution in [-0.4, -0.2) is 15.9 Å². The van der Waals surface area contributed by atoms with Crippen molar-refractivity contribution in [3.63, 3.8) is 0 Å². The topological polar surface area (TPSA) is 54.9 Å². The van der Waals surface area contributed by atoms with Crippen LogP contribution in [0, 0.1) is 5.82 Å². The van der Waals surface area contributed by atoms with Crippen molar-refractivity contribution in [3.8, 4) is 11.3 Å². The van der Waals surface area contributed by atoms with Gasteiger partial charge in [-0.25, -0.2) is 14.4 Å². The van der Waals surface area contributed by atoms with E-state index < -0.39 is 0 Å². The van der Waals surface area contributed by atoms with Gasteiger partial charge >= 0.3 is 0 Å². The van der Waals surface area contributed by atoms with Gasteiger partial charge in [-0.1, -0.05) is 64.5 Å². The largest absolute Gasteiger partial charge is 0.309 e. The predicted octanol–water partition coefficient (Wildman–Crippen LogP) is 6.40. The van der Waals surface area contributed by atoms with E-state index in [1.165, 1.54) is 12.1 Å². The summed E-state index contributed by atoms with van der Waals surface area (Å²) < 4.78 is 14.3. The van der Waals surface area contributed by atoms with Gasteiger partial charge in [0, 0.05) is 10.0 Å². The van der Waals surface area contributed by atoms with Crippen LogP contribution in [0.5, 0.6) is 0 Å². The van der Waals surface area contributed by atoms with E-state index in [2.05, 4.69) is 31.2 Å². The average Bonchev–Trinajstić information content (AvgIpc) is 2.81. The van der Waals surface area contributed by atoms with Crippen LogP contribution < -0.4 is 5.32 Å². The number of benzene rings is 3. The first kappa shape index (κ1) is 21.6. The van der Waals surface area contributed by atoms with E-state index in [4.69, 9.17) is 0 Å². The number of anilines is 1. The van der Waals surface area contributed by atoms with Gasteiger partial charge in [0.15, 0.2) is 5.82 Å². The lowest BCUT2D eigenvalue weighted by molar-refractivity contribution is -0.115. The maximum absolute atomic E-state index is 13.3. The lowest BCUT2D eigenvalue weighted by atomic mass is 10.1. The maximum atomic E-state index is 13.3. The summed E-state index contributed by atoms with van der Waals surface area (Å²) in [5, 5.41) is 2.86. The number of hydrogen-bond donors (Lipinski definition) is 1. The van der Waals surface area contributed by atoms with Crippen LogP contribution in [0.2, 0.25) is 0 Å². The first-order valence-corrected chi connectivity index (χ1v) is 10.8. The molecule has 1 aromatic heterocycles. The van der Waals surface area contributed by atoms with Crippen molar-refractivity contribution in [2.24, 2.45) is 0 Å². The third kappa shape index (κ3) is 5.74. The normalized spacial score (nSPS) is 10.9. The van der Waals surface area contributed by atoms with Crippen LogP contribution in [0.15, 0.2) is 89.5 Å². The fourth-order valence-electron chi connectivity index (χ4n) is 3.08. The molecule has 4 nitrogen and oxygen atoms in total. The Morgan fingerprint density at radius 3 is 2.38 bits per heavy atom. The fraction of sp³-hybridized carbons (Fsp3) is 0.0385. The van der Waals surface area contributed by atoms with Crippen molar-refractivity contribution in [1.82, 2.24) is 9.97 Å². The van der Waals surface area contributed by atoms with E-state index in [0.29, 0.717) is 17.2 Å². The van der Waals surface area contributed by atoms with Crippen LogP contribution in [0.4, 0.5) is 10.2 Å². The van der Waals surface area contributed by atoms with Gasteiger partial charge in [0.2, 0.25) is 5.91 Å². The van der Waals surface area contributed by atoms with E-state index >= 15 is 0 Å². The van der Waals surface area contributed by atoms with Crippen molar-refractivity contribution < 1.29 is 9.18 Å². The molecule has 0 fully saturated rings. The Morgan fingerprint density at radius 1 is 0.938 bits per heavy atom. The molecule has 1 heterocycles. The van der Waals surface area contributed by atoms with Crippen molar-refractivity contribution in [3.05, 3.63) is 112 Å². The molecule has 0 saturated heterocycles. The van der Waals surface area contributed by atoms with E-state index in [-0.39, 0.29) is 18.1 Å². The second-order valence-corrected chi connectivity index (χ2v) is 8.01. The van der Waals surface area contributed by atoms with Crippen molar-refractivity contribution in [2.45, 2.75) is 6.42 Å². The lowest BCUT2D eigenvalue weighted by Crippen LogP contribution is -2.16. The Morgan fingerprint density at radius 2 is 1.66 bits per heavy atom. The van der Waals surface area contributed by atoms with Gasteiger partial charge in [0.1, 0.15) is 11.5 Å². The third-order valence-electron chi connectivity index (χ3n) is 4.71. The molecule has 4 rings (SSSR count). The molecule has 1 N–H and O–H groups in total. The number of nitrogens with one attached hydrogen (secondary N) is 1. The molecule has 0 saturated carbocycles. The molecular formula is C26H19BrFN3O.